The molecule has 0 aromatic rings. The van der Waals surface area contributed by atoms with Crippen LogP contribution < -0.4 is 5.32 Å². The molecule has 3 aliphatic rings. The predicted octanol–water partition coefficient (Wildman–Crippen LogP) is 2.48. The summed E-state index contributed by atoms with van der Waals surface area (Å²) < 4.78 is 0. The molecular formula is C16H24N2O. The molecule has 2 heterocycles. The van der Waals surface area contributed by atoms with E-state index in [-0.39, 0.29) is 17.9 Å². The molecule has 19 heavy (non-hydrogen) atoms. The number of carbonyl (C=O) groups is 1. The third-order valence-corrected chi connectivity index (χ3v) is 4.48. The number of rotatable bonds is 4. The molecule has 1 N–H and O–H groups in total. The smallest absolute Gasteiger partial charge is 0.230 e. The zero-order valence-corrected chi connectivity index (χ0v) is 12.4. The molecule has 1 fully saturated rings. The first-order chi connectivity index (χ1) is 8.90. The van der Waals surface area contributed by atoms with Gasteiger partial charge in [0.1, 0.15) is 0 Å². The minimum Gasteiger partial charge on any atom is -0.388 e. The van der Waals surface area contributed by atoms with Crippen LogP contribution in [-0.4, -0.2) is 30.9 Å². The molecule has 0 aromatic heterocycles. The number of amides is 1. The van der Waals surface area contributed by atoms with Crippen LogP contribution in [0.15, 0.2) is 35.6 Å². The van der Waals surface area contributed by atoms with E-state index in [0.717, 1.165) is 29.7 Å². The zero-order valence-electron chi connectivity index (χ0n) is 12.4. The summed E-state index contributed by atoms with van der Waals surface area (Å²) in [4.78, 5) is 14.2. The van der Waals surface area contributed by atoms with Gasteiger partial charge in [0.05, 0.1) is 12.0 Å². The van der Waals surface area contributed by atoms with Gasteiger partial charge in [-0.3, -0.25) is 4.79 Å². The maximum absolute atomic E-state index is 12.3. The fraction of sp³-hybridized carbons (Fsp3) is 0.562. The third kappa shape index (κ3) is 2.01. The highest BCUT2D eigenvalue weighted by atomic mass is 16.2. The van der Waals surface area contributed by atoms with E-state index in [4.69, 9.17) is 0 Å². The van der Waals surface area contributed by atoms with Gasteiger partial charge >= 0.3 is 0 Å². The Morgan fingerprint density at radius 3 is 2.47 bits per heavy atom. The Labute approximate surface area is 116 Å². The fourth-order valence-electron chi connectivity index (χ4n) is 3.22. The Morgan fingerprint density at radius 2 is 1.95 bits per heavy atom. The maximum Gasteiger partial charge on any atom is 0.230 e. The van der Waals surface area contributed by atoms with Gasteiger partial charge < -0.3 is 10.2 Å². The van der Waals surface area contributed by atoms with Crippen LogP contribution in [0.25, 0.3) is 0 Å². The van der Waals surface area contributed by atoms with Crippen LogP contribution in [0.4, 0.5) is 0 Å². The maximum atomic E-state index is 12.3. The van der Waals surface area contributed by atoms with Gasteiger partial charge in [0.25, 0.3) is 0 Å². The van der Waals surface area contributed by atoms with Crippen molar-refractivity contribution in [2.24, 2.45) is 11.8 Å². The molecule has 2 bridgehead atoms. The van der Waals surface area contributed by atoms with Crippen LogP contribution >= 0.6 is 0 Å². The molecule has 0 saturated carbocycles. The zero-order chi connectivity index (χ0) is 14.3. The molecule has 2 unspecified atom stereocenters. The Balaban J connectivity index is 2.58. The van der Waals surface area contributed by atoms with Crippen molar-refractivity contribution in [3.63, 3.8) is 0 Å². The average molecular weight is 260 g/mol. The quantitative estimate of drug-likeness (QED) is 0.842. The molecule has 0 aromatic carbocycles. The minimum absolute atomic E-state index is 0.0413. The van der Waals surface area contributed by atoms with Crippen LogP contribution in [0.3, 0.4) is 0 Å². The molecule has 0 radical (unpaired) electrons. The summed E-state index contributed by atoms with van der Waals surface area (Å²) in [5.74, 6) is 0.570. The first-order valence-corrected chi connectivity index (χ1v) is 6.97. The Bertz CT molecular complexity index is 473. The Morgan fingerprint density at radius 1 is 1.32 bits per heavy atom. The lowest BCUT2D eigenvalue weighted by Crippen LogP contribution is -2.52. The van der Waals surface area contributed by atoms with Crippen molar-refractivity contribution in [2.75, 3.05) is 14.1 Å². The van der Waals surface area contributed by atoms with Gasteiger partial charge in [0.15, 0.2) is 0 Å². The first kappa shape index (κ1) is 13.9. The third-order valence-electron chi connectivity index (χ3n) is 4.48. The molecule has 3 rings (SSSR count). The van der Waals surface area contributed by atoms with E-state index in [1.54, 1.807) is 0 Å². The van der Waals surface area contributed by atoms with Gasteiger partial charge in [-0.25, -0.2) is 0 Å². The Kier molecular flexibility index (Phi) is 3.57. The summed E-state index contributed by atoms with van der Waals surface area (Å²) in [6, 6.07) is 0.174. The summed E-state index contributed by atoms with van der Waals surface area (Å²) in [7, 11) is 3.77. The van der Waals surface area contributed by atoms with E-state index in [9.17, 15) is 4.79 Å². The van der Waals surface area contributed by atoms with Gasteiger partial charge in [0, 0.05) is 19.8 Å². The van der Waals surface area contributed by atoms with Gasteiger partial charge in [-0.05, 0) is 35.5 Å². The lowest BCUT2D eigenvalue weighted by molar-refractivity contribution is -0.138. The highest BCUT2D eigenvalue weighted by molar-refractivity contribution is 5.87. The predicted molar refractivity (Wildman–Crippen MR) is 78.5 cm³/mol. The van der Waals surface area contributed by atoms with Crippen LogP contribution in [0.5, 0.6) is 0 Å². The van der Waals surface area contributed by atoms with E-state index in [1.165, 1.54) is 5.57 Å². The Hall–Kier alpha value is -1.51. The fourth-order valence-corrected chi connectivity index (χ4v) is 3.22. The SMILES string of the molecule is C=C(NC)C1=C(C(=C)C(C)C)C2CCC1C(=O)N2C. The number of hydrogen-bond donors (Lipinski definition) is 1. The normalized spacial score (nSPS) is 26.2. The van der Waals surface area contributed by atoms with E-state index in [2.05, 4.69) is 32.3 Å². The molecule has 3 heteroatoms. The molecule has 1 amide bonds. The minimum atomic E-state index is -0.0413. The summed E-state index contributed by atoms with van der Waals surface area (Å²) in [6.45, 7) is 12.6. The average Bonchev–Trinajstić information content (AvgIpc) is 2.40. The number of fused-ring (bicyclic) bond motifs is 2. The molecular weight excluding hydrogens is 236 g/mol. The second-order valence-electron chi connectivity index (χ2n) is 5.83. The first-order valence-electron chi connectivity index (χ1n) is 6.97. The topological polar surface area (TPSA) is 32.3 Å². The highest BCUT2D eigenvalue weighted by Gasteiger charge is 2.45. The van der Waals surface area contributed by atoms with Crippen LogP contribution in [0, 0.1) is 11.8 Å². The van der Waals surface area contributed by atoms with Gasteiger partial charge in [-0.1, -0.05) is 27.0 Å². The van der Waals surface area contributed by atoms with Crippen LogP contribution in [0.2, 0.25) is 0 Å². The number of allylic oxidation sites excluding steroid dienone is 1. The van der Waals surface area contributed by atoms with Crippen molar-refractivity contribution < 1.29 is 4.79 Å². The van der Waals surface area contributed by atoms with Crippen molar-refractivity contribution in [1.29, 1.82) is 0 Å². The molecule has 2 atom stereocenters. The summed E-state index contributed by atoms with van der Waals surface area (Å²) in [6.07, 6.45) is 1.97. The highest BCUT2D eigenvalue weighted by Crippen LogP contribution is 2.45. The van der Waals surface area contributed by atoms with Crippen LogP contribution in [-0.2, 0) is 4.79 Å². The molecule has 1 aliphatic carbocycles. The monoisotopic (exact) mass is 260 g/mol. The van der Waals surface area contributed by atoms with E-state index < -0.39 is 0 Å². The number of nitrogens with one attached hydrogen (secondary N) is 1. The lowest BCUT2D eigenvalue weighted by Gasteiger charge is -2.47. The van der Waals surface area contributed by atoms with Crippen molar-refractivity contribution in [3.05, 3.63) is 35.6 Å². The van der Waals surface area contributed by atoms with Crippen LogP contribution in [0.1, 0.15) is 26.7 Å². The molecule has 3 nitrogen and oxygen atoms in total. The van der Waals surface area contributed by atoms with E-state index in [0.29, 0.717) is 5.92 Å². The second kappa shape index (κ2) is 4.87. The van der Waals surface area contributed by atoms with Crippen molar-refractivity contribution in [1.82, 2.24) is 10.2 Å². The summed E-state index contributed by atoms with van der Waals surface area (Å²) >= 11 is 0. The molecule has 104 valence electrons. The van der Waals surface area contributed by atoms with Gasteiger partial charge in [-0.15, -0.1) is 0 Å². The van der Waals surface area contributed by atoms with Crippen molar-refractivity contribution >= 4 is 5.91 Å². The number of carbonyl (C=O) groups excluding carboxylic acids is 1. The second-order valence-corrected chi connectivity index (χ2v) is 5.83. The van der Waals surface area contributed by atoms with Gasteiger partial charge in [-0.2, -0.15) is 0 Å². The molecule has 0 spiro atoms. The molecule has 1 saturated heterocycles. The summed E-state index contributed by atoms with van der Waals surface area (Å²) in [5.41, 5.74) is 4.35. The number of likely N-dealkylation sites (N-methyl/N-ethyl adjacent to an activating group) is 2. The summed E-state index contributed by atoms with van der Waals surface area (Å²) in [5, 5.41) is 3.11. The standard InChI is InChI=1S/C16H24N2O/c1-9(2)10(3)14-13-8-7-12(16(19)18(13)6)15(14)11(4)17-5/h9,12-13,17H,3-4,7-8H2,1-2,5-6H3. The van der Waals surface area contributed by atoms with E-state index in [1.807, 2.05) is 19.0 Å². The lowest BCUT2D eigenvalue weighted by atomic mass is 9.70. The number of piperidine rings is 1. The largest absolute Gasteiger partial charge is 0.388 e. The van der Waals surface area contributed by atoms with Gasteiger partial charge in [0.2, 0.25) is 5.91 Å². The van der Waals surface area contributed by atoms with Crippen molar-refractivity contribution in [2.45, 2.75) is 32.7 Å². The molecule has 2 aliphatic heterocycles. The number of nitrogens with zero attached hydrogens (tertiary/aromatic N) is 1. The van der Waals surface area contributed by atoms with E-state index >= 15 is 0 Å². The van der Waals surface area contributed by atoms with Crippen molar-refractivity contribution in [3.8, 4) is 0 Å². The number of hydrogen-bond acceptors (Lipinski definition) is 2.